The molecule has 0 amide bonds. The van der Waals surface area contributed by atoms with Gasteiger partial charge in [-0.05, 0) is 80.8 Å². The number of fused-ring (bicyclic) bond motifs is 3. The number of carbonyl (C=O) groups is 1. The van der Waals surface area contributed by atoms with E-state index in [4.69, 9.17) is 19.6 Å². The second-order valence-electron chi connectivity index (χ2n) is 12.6. The molecule has 3 aliphatic carbocycles. The SMILES string of the molecule is CC(=O)C(C)(C)Cc1ccc(C2CCC3(CC2)OOC2(OO3)C(C)CC3CC(C)CC2C3)cc1. The molecule has 5 heteroatoms. The van der Waals surface area contributed by atoms with Gasteiger partial charge in [-0.3, -0.25) is 4.79 Å². The fraction of sp³-hybridized carbons (Fsp3) is 0.759. The quantitative estimate of drug-likeness (QED) is 0.448. The monoisotopic (exact) mass is 470 g/mol. The second kappa shape index (κ2) is 8.99. The van der Waals surface area contributed by atoms with Gasteiger partial charge in [0, 0.05) is 30.1 Å². The number of carbonyl (C=O) groups excluding carboxylic acids is 1. The standard InChI is InChI=1S/C29H42O5/c1-19-14-23-16-20(2)29(26(15-19)17-23)33-31-28(32-34-29)12-10-25(11-13-28)24-8-6-22(7-9-24)18-27(4,5)21(3)30/h6-9,19-20,23,25-26H,10-18H2,1-5H3. The largest absolute Gasteiger partial charge is 0.299 e. The highest BCUT2D eigenvalue weighted by atomic mass is 17.4. The lowest BCUT2D eigenvalue weighted by molar-refractivity contribution is -0.677. The summed E-state index contributed by atoms with van der Waals surface area (Å²) in [5, 5.41) is 0. The Morgan fingerprint density at radius 1 is 0.941 bits per heavy atom. The highest BCUT2D eigenvalue weighted by Gasteiger charge is 2.60. The molecule has 1 aliphatic heterocycles. The Kier molecular flexibility index (Phi) is 6.46. The lowest BCUT2D eigenvalue weighted by Crippen LogP contribution is -2.61. The Labute approximate surface area is 204 Å². The van der Waals surface area contributed by atoms with Crippen LogP contribution >= 0.6 is 0 Å². The fourth-order valence-electron chi connectivity index (χ4n) is 7.04. The highest BCUT2D eigenvalue weighted by Crippen LogP contribution is 2.55. The van der Waals surface area contributed by atoms with Crippen molar-refractivity contribution in [3.63, 3.8) is 0 Å². The van der Waals surface area contributed by atoms with Crippen LogP contribution in [0.25, 0.3) is 0 Å². The van der Waals surface area contributed by atoms with Crippen LogP contribution < -0.4 is 0 Å². The van der Waals surface area contributed by atoms with Crippen LogP contribution in [-0.4, -0.2) is 17.4 Å². The Bertz CT molecular complexity index is 868. The van der Waals surface area contributed by atoms with Crippen LogP contribution in [0, 0.1) is 29.1 Å². The number of ketones is 1. The van der Waals surface area contributed by atoms with Crippen LogP contribution in [0.4, 0.5) is 0 Å². The van der Waals surface area contributed by atoms with Crippen LogP contribution in [0.2, 0.25) is 0 Å². The third-order valence-corrected chi connectivity index (χ3v) is 9.43. The van der Waals surface area contributed by atoms with Gasteiger partial charge in [-0.2, -0.15) is 19.6 Å². The van der Waals surface area contributed by atoms with Gasteiger partial charge in [-0.15, -0.1) is 0 Å². The van der Waals surface area contributed by atoms with Crippen molar-refractivity contribution < 1.29 is 24.3 Å². The number of Topliss-reactive ketones (excluding diaryl/α,β-unsaturated/α-hetero) is 1. The Hall–Kier alpha value is -1.27. The molecule has 2 bridgehead atoms. The van der Waals surface area contributed by atoms with E-state index in [1.807, 2.05) is 13.8 Å². The lowest BCUT2D eigenvalue weighted by atomic mass is 9.62. The van der Waals surface area contributed by atoms with E-state index >= 15 is 0 Å². The first-order valence-corrected chi connectivity index (χ1v) is 13.4. The van der Waals surface area contributed by atoms with E-state index in [2.05, 4.69) is 38.1 Å². The molecule has 3 saturated carbocycles. The van der Waals surface area contributed by atoms with Gasteiger partial charge < -0.3 is 0 Å². The van der Waals surface area contributed by atoms with Crippen molar-refractivity contribution in [3.05, 3.63) is 35.4 Å². The molecule has 4 aliphatic rings. The maximum Gasteiger partial charge on any atom is 0.239 e. The van der Waals surface area contributed by atoms with Gasteiger partial charge in [-0.1, -0.05) is 52.0 Å². The van der Waals surface area contributed by atoms with Crippen LogP contribution in [-0.2, 0) is 30.8 Å². The molecule has 0 N–H and O–H groups in total. The van der Waals surface area contributed by atoms with Crippen LogP contribution in [0.3, 0.4) is 0 Å². The molecular weight excluding hydrogens is 428 g/mol. The van der Waals surface area contributed by atoms with E-state index in [0.717, 1.165) is 57.3 Å². The second-order valence-corrected chi connectivity index (χ2v) is 12.6. The van der Waals surface area contributed by atoms with Crippen molar-refractivity contribution in [2.45, 2.75) is 110 Å². The van der Waals surface area contributed by atoms with E-state index in [1.54, 1.807) is 6.92 Å². The minimum atomic E-state index is -0.788. The summed E-state index contributed by atoms with van der Waals surface area (Å²) < 4.78 is 0. The maximum atomic E-state index is 11.9. The summed E-state index contributed by atoms with van der Waals surface area (Å²) in [4.78, 5) is 36.5. The first kappa shape index (κ1) is 24.4. The first-order valence-electron chi connectivity index (χ1n) is 13.4. The molecule has 5 rings (SSSR count). The molecule has 4 fully saturated rings. The van der Waals surface area contributed by atoms with Gasteiger partial charge >= 0.3 is 0 Å². The summed E-state index contributed by atoms with van der Waals surface area (Å²) in [7, 11) is 0. The number of benzene rings is 1. The van der Waals surface area contributed by atoms with Crippen molar-refractivity contribution in [2.75, 3.05) is 0 Å². The summed E-state index contributed by atoms with van der Waals surface area (Å²) in [6.45, 7) is 10.3. The topological polar surface area (TPSA) is 54.0 Å². The molecule has 188 valence electrons. The Morgan fingerprint density at radius 3 is 2.21 bits per heavy atom. The smallest absolute Gasteiger partial charge is 0.239 e. The number of hydrogen-bond donors (Lipinski definition) is 0. The average Bonchev–Trinajstić information content (AvgIpc) is 2.79. The molecule has 0 radical (unpaired) electrons. The minimum absolute atomic E-state index is 0.230. The normalized spacial score (nSPS) is 40.4. The molecule has 2 spiro atoms. The molecule has 34 heavy (non-hydrogen) atoms. The molecule has 0 aromatic heterocycles. The molecular formula is C29H42O5. The summed E-state index contributed by atoms with van der Waals surface area (Å²) in [5.74, 6) is 1.24. The predicted molar refractivity (Wildman–Crippen MR) is 129 cm³/mol. The summed E-state index contributed by atoms with van der Waals surface area (Å²) in [6.07, 6.45) is 8.91. The van der Waals surface area contributed by atoms with Crippen LogP contribution in [0.1, 0.15) is 103 Å². The first-order chi connectivity index (χ1) is 16.1. The van der Waals surface area contributed by atoms with E-state index in [0.29, 0.717) is 17.8 Å². The zero-order chi connectivity index (χ0) is 24.1. The maximum absolute atomic E-state index is 11.9. The van der Waals surface area contributed by atoms with E-state index in [-0.39, 0.29) is 17.1 Å². The zero-order valence-electron chi connectivity index (χ0n) is 21.6. The molecule has 1 saturated heterocycles. The molecule has 5 nitrogen and oxygen atoms in total. The Balaban J connectivity index is 1.18. The lowest BCUT2D eigenvalue weighted by Gasteiger charge is -2.55. The van der Waals surface area contributed by atoms with Crippen molar-refractivity contribution in [1.82, 2.24) is 0 Å². The van der Waals surface area contributed by atoms with Crippen molar-refractivity contribution in [3.8, 4) is 0 Å². The van der Waals surface area contributed by atoms with E-state index in [9.17, 15) is 4.79 Å². The average molecular weight is 471 g/mol. The molecule has 4 unspecified atom stereocenters. The van der Waals surface area contributed by atoms with Gasteiger partial charge in [0.05, 0.1) is 0 Å². The predicted octanol–water partition coefficient (Wildman–Crippen LogP) is 6.90. The molecule has 4 atom stereocenters. The van der Waals surface area contributed by atoms with Gasteiger partial charge in [0.2, 0.25) is 11.6 Å². The van der Waals surface area contributed by atoms with Gasteiger partial charge in [0.1, 0.15) is 5.78 Å². The van der Waals surface area contributed by atoms with Gasteiger partial charge in [-0.25, -0.2) is 0 Å². The van der Waals surface area contributed by atoms with Crippen molar-refractivity contribution in [2.24, 2.45) is 29.1 Å². The molecule has 1 aromatic rings. The van der Waals surface area contributed by atoms with Gasteiger partial charge in [0.15, 0.2) is 0 Å². The Morgan fingerprint density at radius 2 is 1.59 bits per heavy atom. The van der Waals surface area contributed by atoms with Crippen LogP contribution in [0.15, 0.2) is 24.3 Å². The highest BCUT2D eigenvalue weighted by molar-refractivity contribution is 5.81. The van der Waals surface area contributed by atoms with Gasteiger partial charge in [0.25, 0.3) is 0 Å². The number of hydrogen-bond acceptors (Lipinski definition) is 5. The summed E-state index contributed by atoms with van der Waals surface area (Å²) >= 11 is 0. The summed E-state index contributed by atoms with van der Waals surface area (Å²) in [5.41, 5.74) is 2.23. The van der Waals surface area contributed by atoms with E-state index < -0.39 is 11.6 Å². The van der Waals surface area contributed by atoms with Crippen molar-refractivity contribution in [1.29, 1.82) is 0 Å². The number of rotatable bonds is 4. The third kappa shape index (κ3) is 4.50. The molecule has 1 heterocycles. The van der Waals surface area contributed by atoms with Crippen LogP contribution in [0.5, 0.6) is 0 Å². The fourth-order valence-corrected chi connectivity index (χ4v) is 7.04. The zero-order valence-corrected chi connectivity index (χ0v) is 21.6. The minimum Gasteiger partial charge on any atom is -0.299 e. The summed E-state index contributed by atoms with van der Waals surface area (Å²) in [6, 6.07) is 8.81. The third-order valence-electron chi connectivity index (χ3n) is 9.43. The molecule has 1 aromatic carbocycles. The van der Waals surface area contributed by atoms with E-state index in [1.165, 1.54) is 17.5 Å². The van der Waals surface area contributed by atoms with Crippen molar-refractivity contribution >= 4 is 5.78 Å².